The molecule has 1 saturated heterocycles. The van der Waals surface area contributed by atoms with Gasteiger partial charge in [-0.05, 0) is 42.0 Å². The van der Waals surface area contributed by atoms with Gasteiger partial charge in [0.2, 0.25) is 11.2 Å². The zero-order chi connectivity index (χ0) is 25.7. The van der Waals surface area contributed by atoms with Gasteiger partial charge < -0.3 is 29.0 Å². The van der Waals surface area contributed by atoms with E-state index in [-0.39, 0.29) is 17.9 Å². The van der Waals surface area contributed by atoms with Crippen molar-refractivity contribution >= 4 is 11.7 Å². The number of hydrogen-bond acceptors (Lipinski definition) is 9. The molecule has 0 radical (unpaired) electrons. The minimum absolute atomic E-state index is 0.00455. The molecule has 190 valence electrons. The average Bonchev–Trinajstić information content (AvgIpc) is 2.89. The number of hydrogen-bond donors (Lipinski definition) is 2. The first-order chi connectivity index (χ1) is 17.4. The van der Waals surface area contributed by atoms with Gasteiger partial charge in [-0.15, -0.1) is 0 Å². The Balaban J connectivity index is 1.52. The number of piperazine rings is 1. The molecule has 0 amide bonds. The molecule has 2 N–H and O–H groups in total. The number of anilines is 1. The lowest BCUT2D eigenvalue weighted by molar-refractivity contribution is -0.140. The van der Waals surface area contributed by atoms with Gasteiger partial charge in [0.25, 0.3) is 0 Å². The van der Waals surface area contributed by atoms with Gasteiger partial charge in [0.1, 0.15) is 17.3 Å². The third-order valence-electron chi connectivity index (χ3n) is 6.38. The van der Waals surface area contributed by atoms with Crippen molar-refractivity contribution in [1.82, 2.24) is 4.90 Å². The Bertz CT molecular complexity index is 1250. The smallest absolute Gasteiger partial charge is 0.306 e. The quantitative estimate of drug-likeness (QED) is 0.456. The first-order valence-electron chi connectivity index (χ1n) is 11.7. The standard InChI is InChI=1S/C27H30N2O7/c1-34-21-8-6-19(7-9-21)29-12-10-28(11-13-29)17-22-15-24(31)26(33)27(36-22)23(16-25(32)35-2)18-4-3-5-20(30)14-18/h3-9,14-15,23,30,33H,10-13,16-17H2,1-2H3/t23-/m1/s1. The molecule has 1 atom stereocenters. The Labute approximate surface area is 209 Å². The van der Waals surface area contributed by atoms with E-state index in [1.54, 1.807) is 19.2 Å². The van der Waals surface area contributed by atoms with Crippen molar-refractivity contribution in [3.63, 3.8) is 0 Å². The first-order valence-corrected chi connectivity index (χ1v) is 11.7. The maximum Gasteiger partial charge on any atom is 0.306 e. The topological polar surface area (TPSA) is 113 Å². The summed E-state index contributed by atoms with van der Waals surface area (Å²) in [5, 5.41) is 20.5. The van der Waals surface area contributed by atoms with Crippen LogP contribution in [0.2, 0.25) is 0 Å². The van der Waals surface area contributed by atoms with Crippen molar-refractivity contribution in [2.45, 2.75) is 18.9 Å². The molecule has 0 unspecified atom stereocenters. The van der Waals surface area contributed by atoms with Crippen molar-refractivity contribution in [1.29, 1.82) is 0 Å². The van der Waals surface area contributed by atoms with E-state index < -0.39 is 23.1 Å². The number of rotatable bonds is 8. The second kappa shape index (κ2) is 11.2. The van der Waals surface area contributed by atoms with Crippen LogP contribution in [-0.2, 0) is 16.1 Å². The van der Waals surface area contributed by atoms with Crippen LogP contribution in [-0.4, -0.2) is 61.5 Å². The van der Waals surface area contributed by atoms with Crippen LogP contribution in [0.5, 0.6) is 17.2 Å². The number of ether oxygens (including phenoxy) is 2. The summed E-state index contributed by atoms with van der Waals surface area (Å²) in [5.74, 6) is -0.720. The van der Waals surface area contributed by atoms with Crippen LogP contribution < -0.4 is 15.1 Å². The Morgan fingerprint density at radius 2 is 1.75 bits per heavy atom. The molecule has 0 spiro atoms. The molecule has 2 aromatic carbocycles. The number of carbonyl (C=O) groups is 1. The van der Waals surface area contributed by atoms with Crippen molar-refractivity contribution in [2.75, 3.05) is 45.3 Å². The van der Waals surface area contributed by atoms with Crippen LogP contribution in [0.1, 0.15) is 29.4 Å². The molecule has 0 aliphatic carbocycles. The van der Waals surface area contributed by atoms with E-state index >= 15 is 0 Å². The summed E-state index contributed by atoms with van der Waals surface area (Å²) in [7, 11) is 2.90. The third-order valence-corrected chi connectivity index (χ3v) is 6.38. The molecule has 9 heteroatoms. The summed E-state index contributed by atoms with van der Waals surface area (Å²) < 4.78 is 16.1. The zero-order valence-corrected chi connectivity index (χ0v) is 20.3. The van der Waals surface area contributed by atoms with Crippen molar-refractivity contribution in [2.24, 2.45) is 0 Å². The second-order valence-electron chi connectivity index (χ2n) is 8.68. The number of benzene rings is 2. The van der Waals surface area contributed by atoms with Gasteiger partial charge in [0.15, 0.2) is 5.76 Å². The van der Waals surface area contributed by atoms with E-state index in [9.17, 15) is 19.8 Å². The molecular formula is C27H30N2O7. The summed E-state index contributed by atoms with van der Waals surface area (Å²) in [6.45, 7) is 3.49. The SMILES string of the molecule is COC(=O)C[C@H](c1cccc(O)c1)c1oc(CN2CCN(c3ccc(OC)cc3)CC2)cc(=O)c1O. The van der Waals surface area contributed by atoms with Crippen molar-refractivity contribution < 1.29 is 28.9 Å². The molecule has 0 bridgehead atoms. The lowest BCUT2D eigenvalue weighted by Crippen LogP contribution is -2.46. The molecule has 36 heavy (non-hydrogen) atoms. The van der Waals surface area contributed by atoms with Gasteiger partial charge in [0.05, 0.1) is 33.1 Å². The number of carbonyl (C=O) groups excluding carboxylic acids is 1. The lowest BCUT2D eigenvalue weighted by atomic mass is 9.92. The fraction of sp³-hybridized carbons (Fsp3) is 0.333. The molecule has 3 aromatic rings. The zero-order valence-electron chi connectivity index (χ0n) is 20.3. The van der Waals surface area contributed by atoms with Crippen molar-refractivity contribution in [3.8, 4) is 17.2 Å². The number of methoxy groups -OCH3 is 2. The van der Waals surface area contributed by atoms with Crippen molar-refractivity contribution in [3.05, 3.63) is 81.9 Å². The Morgan fingerprint density at radius 1 is 1.03 bits per heavy atom. The van der Waals surface area contributed by atoms with Crippen LogP contribution >= 0.6 is 0 Å². The van der Waals surface area contributed by atoms with E-state index in [0.717, 1.165) is 37.6 Å². The first kappa shape index (κ1) is 25.1. The predicted octanol–water partition coefficient (Wildman–Crippen LogP) is 3.08. The minimum Gasteiger partial charge on any atom is -0.508 e. The predicted molar refractivity (Wildman–Crippen MR) is 134 cm³/mol. The number of phenols is 1. The fourth-order valence-corrected chi connectivity index (χ4v) is 4.40. The van der Waals surface area contributed by atoms with Gasteiger partial charge in [-0.1, -0.05) is 12.1 Å². The maximum atomic E-state index is 12.6. The van der Waals surface area contributed by atoms with E-state index in [2.05, 4.69) is 9.80 Å². The molecule has 1 aliphatic rings. The van der Waals surface area contributed by atoms with Crippen LogP contribution in [0, 0.1) is 0 Å². The summed E-state index contributed by atoms with van der Waals surface area (Å²) in [6.07, 6.45) is -0.166. The number of phenolic OH excluding ortho intramolecular Hbond substituents is 1. The lowest BCUT2D eigenvalue weighted by Gasteiger charge is -2.36. The molecule has 0 saturated carbocycles. The van der Waals surface area contributed by atoms with Gasteiger partial charge in [0, 0.05) is 37.9 Å². The van der Waals surface area contributed by atoms with Crippen LogP contribution in [0.4, 0.5) is 5.69 Å². The Morgan fingerprint density at radius 3 is 2.39 bits per heavy atom. The number of nitrogens with zero attached hydrogens (tertiary/aromatic N) is 2. The van der Waals surface area contributed by atoms with Gasteiger partial charge >= 0.3 is 5.97 Å². The highest BCUT2D eigenvalue weighted by Gasteiger charge is 2.27. The largest absolute Gasteiger partial charge is 0.508 e. The van der Waals surface area contributed by atoms with E-state index in [4.69, 9.17) is 13.9 Å². The summed E-state index contributed by atoms with van der Waals surface area (Å²) >= 11 is 0. The van der Waals surface area contributed by atoms with E-state index in [1.807, 2.05) is 24.3 Å². The van der Waals surface area contributed by atoms with Gasteiger partial charge in [-0.25, -0.2) is 0 Å². The highest BCUT2D eigenvalue weighted by molar-refractivity contribution is 5.71. The monoisotopic (exact) mass is 494 g/mol. The number of esters is 1. The molecule has 4 rings (SSSR count). The van der Waals surface area contributed by atoms with E-state index in [0.29, 0.717) is 17.9 Å². The minimum atomic E-state index is -0.802. The normalized spacial score (nSPS) is 14.9. The molecule has 1 aromatic heterocycles. The Kier molecular flexibility index (Phi) is 7.80. The highest BCUT2D eigenvalue weighted by Crippen LogP contribution is 2.35. The summed E-state index contributed by atoms with van der Waals surface area (Å²) in [5.41, 5.74) is 1.05. The molecule has 2 heterocycles. The van der Waals surface area contributed by atoms with Gasteiger partial charge in [-0.3, -0.25) is 14.5 Å². The Hall–Kier alpha value is -3.98. The summed E-state index contributed by atoms with van der Waals surface area (Å²) in [4.78, 5) is 29.2. The molecule has 1 fully saturated rings. The average molecular weight is 495 g/mol. The van der Waals surface area contributed by atoms with E-state index in [1.165, 1.54) is 25.3 Å². The highest BCUT2D eigenvalue weighted by atomic mass is 16.5. The van der Waals surface area contributed by atoms with Gasteiger partial charge in [-0.2, -0.15) is 0 Å². The third kappa shape index (κ3) is 5.80. The second-order valence-corrected chi connectivity index (χ2v) is 8.68. The maximum absolute atomic E-state index is 12.6. The fourth-order valence-electron chi connectivity index (χ4n) is 4.40. The van der Waals surface area contributed by atoms with Crippen LogP contribution in [0.25, 0.3) is 0 Å². The summed E-state index contributed by atoms with van der Waals surface area (Å²) in [6, 6.07) is 15.5. The van der Waals surface area contributed by atoms with Crippen LogP contribution in [0.15, 0.2) is 63.8 Å². The molecule has 1 aliphatic heterocycles. The molecule has 9 nitrogen and oxygen atoms in total. The van der Waals surface area contributed by atoms with Crippen LogP contribution in [0.3, 0.4) is 0 Å². The molecular weight excluding hydrogens is 464 g/mol. The number of aromatic hydroxyl groups is 2.